The Labute approximate surface area is 115 Å². The zero-order chi connectivity index (χ0) is 13.7. The van der Waals surface area contributed by atoms with E-state index < -0.39 is 6.10 Å². The van der Waals surface area contributed by atoms with Gasteiger partial charge in [-0.15, -0.1) is 0 Å². The summed E-state index contributed by atoms with van der Waals surface area (Å²) in [5.41, 5.74) is 0.919. The second-order valence-corrected chi connectivity index (χ2v) is 5.06. The van der Waals surface area contributed by atoms with E-state index in [4.69, 9.17) is 4.74 Å². The molecule has 2 rings (SSSR count). The Balaban J connectivity index is 2.02. The summed E-state index contributed by atoms with van der Waals surface area (Å²) in [6.45, 7) is 4.55. The highest BCUT2D eigenvalue weighted by molar-refractivity contribution is 5.83. The van der Waals surface area contributed by atoms with E-state index in [2.05, 4.69) is 26.0 Å². The van der Waals surface area contributed by atoms with Crippen LogP contribution in [0.25, 0.3) is 10.8 Å². The lowest BCUT2D eigenvalue weighted by Gasteiger charge is -2.16. The van der Waals surface area contributed by atoms with Crippen molar-refractivity contribution in [1.29, 1.82) is 0 Å². The first kappa shape index (κ1) is 14.0. The van der Waals surface area contributed by atoms with E-state index in [1.54, 1.807) is 0 Å². The van der Waals surface area contributed by atoms with Gasteiger partial charge in [0.2, 0.25) is 0 Å². The standard InChI is InChI=1S/C17H22O2/c1-3-6-13(2)19-12-17(18)16-10-9-14-7-4-5-8-15(14)11-16/h4-5,7-11,13,17-18H,3,6,12H2,1-2H3. The van der Waals surface area contributed by atoms with Crippen molar-refractivity contribution in [3.05, 3.63) is 48.0 Å². The molecule has 0 bridgehead atoms. The first-order chi connectivity index (χ1) is 9.20. The van der Waals surface area contributed by atoms with E-state index >= 15 is 0 Å². The molecule has 0 spiro atoms. The van der Waals surface area contributed by atoms with E-state index in [9.17, 15) is 5.11 Å². The number of ether oxygens (including phenoxy) is 1. The quantitative estimate of drug-likeness (QED) is 0.846. The van der Waals surface area contributed by atoms with Crippen molar-refractivity contribution < 1.29 is 9.84 Å². The average Bonchev–Trinajstić information content (AvgIpc) is 2.44. The molecule has 2 atom stereocenters. The monoisotopic (exact) mass is 258 g/mol. The third-order valence-electron chi connectivity index (χ3n) is 3.39. The van der Waals surface area contributed by atoms with Gasteiger partial charge in [-0.05, 0) is 35.7 Å². The Morgan fingerprint density at radius 2 is 1.84 bits per heavy atom. The molecule has 1 N–H and O–H groups in total. The Morgan fingerprint density at radius 3 is 2.58 bits per heavy atom. The zero-order valence-corrected chi connectivity index (χ0v) is 11.7. The summed E-state index contributed by atoms with van der Waals surface area (Å²) in [6, 6.07) is 14.2. The Kier molecular flexibility index (Phi) is 4.94. The van der Waals surface area contributed by atoms with Gasteiger partial charge in [-0.3, -0.25) is 0 Å². The molecule has 0 aliphatic rings. The van der Waals surface area contributed by atoms with Crippen molar-refractivity contribution in [3.63, 3.8) is 0 Å². The number of hydrogen-bond donors (Lipinski definition) is 1. The predicted molar refractivity (Wildman–Crippen MR) is 79.2 cm³/mol. The first-order valence-corrected chi connectivity index (χ1v) is 6.99. The summed E-state index contributed by atoms with van der Waals surface area (Å²) in [5, 5.41) is 12.5. The molecular formula is C17H22O2. The summed E-state index contributed by atoms with van der Waals surface area (Å²) < 4.78 is 5.66. The largest absolute Gasteiger partial charge is 0.386 e. The van der Waals surface area contributed by atoms with Crippen LogP contribution in [0.1, 0.15) is 38.4 Å². The molecule has 0 heterocycles. The Morgan fingerprint density at radius 1 is 1.11 bits per heavy atom. The summed E-state index contributed by atoms with van der Waals surface area (Å²) in [4.78, 5) is 0. The molecule has 0 aliphatic carbocycles. The van der Waals surface area contributed by atoms with Crippen LogP contribution in [-0.2, 0) is 4.74 Å². The number of rotatable bonds is 6. The molecule has 0 amide bonds. The fraction of sp³-hybridized carbons (Fsp3) is 0.412. The van der Waals surface area contributed by atoms with Gasteiger partial charge in [0.25, 0.3) is 0 Å². The molecular weight excluding hydrogens is 236 g/mol. The molecule has 2 heteroatoms. The zero-order valence-electron chi connectivity index (χ0n) is 11.7. The average molecular weight is 258 g/mol. The van der Waals surface area contributed by atoms with Crippen LogP contribution in [0.15, 0.2) is 42.5 Å². The highest BCUT2D eigenvalue weighted by Gasteiger charge is 2.10. The van der Waals surface area contributed by atoms with E-state index in [-0.39, 0.29) is 6.10 Å². The van der Waals surface area contributed by atoms with Crippen LogP contribution in [-0.4, -0.2) is 17.8 Å². The maximum absolute atomic E-state index is 10.2. The molecule has 0 radical (unpaired) electrons. The number of aliphatic hydroxyl groups is 1. The molecule has 0 aliphatic heterocycles. The van der Waals surface area contributed by atoms with E-state index in [1.165, 1.54) is 5.39 Å². The molecule has 0 saturated carbocycles. The molecule has 0 aromatic heterocycles. The van der Waals surface area contributed by atoms with Crippen molar-refractivity contribution in [3.8, 4) is 0 Å². The normalized spacial score (nSPS) is 14.5. The lowest BCUT2D eigenvalue weighted by atomic mass is 10.0. The molecule has 2 nitrogen and oxygen atoms in total. The summed E-state index contributed by atoms with van der Waals surface area (Å²) in [7, 11) is 0. The first-order valence-electron chi connectivity index (χ1n) is 6.99. The van der Waals surface area contributed by atoms with Gasteiger partial charge in [-0.25, -0.2) is 0 Å². The minimum absolute atomic E-state index is 0.208. The number of benzene rings is 2. The maximum atomic E-state index is 10.2. The topological polar surface area (TPSA) is 29.5 Å². The van der Waals surface area contributed by atoms with Crippen LogP contribution < -0.4 is 0 Å². The lowest BCUT2D eigenvalue weighted by Crippen LogP contribution is -2.14. The van der Waals surface area contributed by atoms with Crippen LogP contribution in [0, 0.1) is 0 Å². The maximum Gasteiger partial charge on any atom is 0.102 e. The van der Waals surface area contributed by atoms with Gasteiger partial charge in [0.1, 0.15) is 6.10 Å². The van der Waals surface area contributed by atoms with Crippen molar-refractivity contribution >= 4 is 10.8 Å². The molecule has 2 aromatic rings. The molecule has 19 heavy (non-hydrogen) atoms. The van der Waals surface area contributed by atoms with Gasteiger partial charge in [0.05, 0.1) is 12.7 Å². The van der Waals surface area contributed by atoms with Gasteiger partial charge in [0, 0.05) is 0 Å². The Bertz CT molecular complexity index is 521. The minimum atomic E-state index is -0.552. The van der Waals surface area contributed by atoms with Crippen molar-refractivity contribution in [2.24, 2.45) is 0 Å². The van der Waals surface area contributed by atoms with Crippen LogP contribution in [0.3, 0.4) is 0 Å². The van der Waals surface area contributed by atoms with Crippen LogP contribution >= 0.6 is 0 Å². The lowest BCUT2D eigenvalue weighted by molar-refractivity contribution is -0.00579. The smallest absolute Gasteiger partial charge is 0.102 e. The van der Waals surface area contributed by atoms with Crippen molar-refractivity contribution in [2.45, 2.75) is 38.9 Å². The fourth-order valence-corrected chi connectivity index (χ4v) is 2.26. The number of fused-ring (bicyclic) bond motifs is 1. The number of aliphatic hydroxyl groups excluding tert-OH is 1. The fourth-order valence-electron chi connectivity index (χ4n) is 2.26. The molecule has 2 unspecified atom stereocenters. The van der Waals surface area contributed by atoms with Gasteiger partial charge in [-0.1, -0.05) is 49.7 Å². The SMILES string of the molecule is CCCC(C)OCC(O)c1ccc2ccccc2c1. The van der Waals surface area contributed by atoms with Gasteiger partial charge in [0.15, 0.2) is 0 Å². The van der Waals surface area contributed by atoms with Gasteiger partial charge in [-0.2, -0.15) is 0 Å². The van der Waals surface area contributed by atoms with Crippen molar-refractivity contribution in [1.82, 2.24) is 0 Å². The van der Waals surface area contributed by atoms with E-state index in [1.807, 2.05) is 30.3 Å². The predicted octanol–water partition coefficient (Wildman–Crippen LogP) is 4.08. The summed E-state index contributed by atoms with van der Waals surface area (Å²) in [6.07, 6.45) is 1.79. The molecule has 2 aromatic carbocycles. The second kappa shape index (κ2) is 6.69. The highest BCUT2D eigenvalue weighted by Crippen LogP contribution is 2.21. The third-order valence-corrected chi connectivity index (χ3v) is 3.39. The van der Waals surface area contributed by atoms with Gasteiger partial charge >= 0.3 is 0 Å². The molecule has 102 valence electrons. The molecule has 0 fully saturated rings. The van der Waals surface area contributed by atoms with Crippen molar-refractivity contribution in [2.75, 3.05) is 6.61 Å². The third kappa shape index (κ3) is 3.79. The summed E-state index contributed by atoms with van der Waals surface area (Å²) in [5.74, 6) is 0. The van der Waals surface area contributed by atoms with Crippen LogP contribution in [0.2, 0.25) is 0 Å². The highest BCUT2D eigenvalue weighted by atomic mass is 16.5. The second-order valence-electron chi connectivity index (χ2n) is 5.06. The van der Waals surface area contributed by atoms with E-state index in [0.29, 0.717) is 6.61 Å². The van der Waals surface area contributed by atoms with Crippen LogP contribution in [0.4, 0.5) is 0 Å². The minimum Gasteiger partial charge on any atom is -0.386 e. The molecule has 0 saturated heterocycles. The Hall–Kier alpha value is -1.38. The van der Waals surface area contributed by atoms with Gasteiger partial charge < -0.3 is 9.84 Å². The van der Waals surface area contributed by atoms with E-state index in [0.717, 1.165) is 23.8 Å². The number of hydrogen-bond acceptors (Lipinski definition) is 2. The van der Waals surface area contributed by atoms with Crippen LogP contribution in [0.5, 0.6) is 0 Å². The summed E-state index contributed by atoms with van der Waals surface area (Å²) >= 11 is 0.